The van der Waals surface area contributed by atoms with E-state index in [0.717, 1.165) is 30.1 Å². The molecule has 1 unspecified atom stereocenters. The molecule has 0 bridgehead atoms. The molecular weight excluding hydrogens is 345 g/mol. The Morgan fingerprint density at radius 2 is 1.85 bits per heavy atom. The van der Waals surface area contributed by atoms with E-state index in [4.69, 9.17) is 10.5 Å². The molecule has 0 spiro atoms. The van der Waals surface area contributed by atoms with Crippen LogP contribution < -0.4 is 15.4 Å². The molecule has 6 heteroatoms. The highest BCUT2D eigenvalue weighted by Crippen LogP contribution is 2.23. The molecule has 27 heavy (non-hydrogen) atoms. The molecular formula is C21H26FN3O2. The Bertz CT molecular complexity index is 756. The van der Waals surface area contributed by atoms with Crippen molar-refractivity contribution in [1.82, 2.24) is 4.90 Å². The number of piperazine rings is 1. The van der Waals surface area contributed by atoms with Gasteiger partial charge in [0.25, 0.3) is 0 Å². The number of anilines is 1. The summed E-state index contributed by atoms with van der Waals surface area (Å²) in [6, 6.07) is 14.1. The standard InChI is InChI=1S/C21H26FN3O2/c1-16(23)13-21(26)25-11-9-24(10-12-25)19-3-2-4-20(14-19)27-15-17-5-7-18(22)8-6-17/h2-8,14,16H,9-13,15,23H2,1H3. The van der Waals surface area contributed by atoms with Crippen LogP contribution in [0, 0.1) is 5.82 Å². The summed E-state index contributed by atoms with van der Waals surface area (Å²) < 4.78 is 18.8. The summed E-state index contributed by atoms with van der Waals surface area (Å²) in [5.41, 5.74) is 7.72. The number of benzene rings is 2. The van der Waals surface area contributed by atoms with E-state index < -0.39 is 0 Å². The summed E-state index contributed by atoms with van der Waals surface area (Å²) in [6.07, 6.45) is 0.396. The van der Waals surface area contributed by atoms with E-state index in [1.54, 1.807) is 12.1 Å². The number of carbonyl (C=O) groups is 1. The number of nitrogens with zero attached hydrogens (tertiary/aromatic N) is 2. The minimum Gasteiger partial charge on any atom is -0.489 e. The zero-order chi connectivity index (χ0) is 19.2. The Kier molecular flexibility index (Phi) is 6.29. The van der Waals surface area contributed by atoms with E-state index in [1.165, 1.54) is 12.1 Å². The first-order valence-electron chi connectivity index (χ1n) is 9.27. The third-order valence-corrected chi connectivity index (χ3v) is 4.63. The van der Waals surface area contributed by atoms with E-state index in [2.05, 4.69) is 4.90 Å². The molecule has 0 aliphatic carbocycles. The van der Waals surface area contributed by atoms with Crippen LogP contribution in [0.3, 0.4) is 0 Å². The van der Waals surface area contributed by atoms with Gasteiger partial charge in [0.2, 0.25) is 5.91 Å². The second-order valence-electron chi connectivity index (χ2n) is 6.96. The Hall–Kier alpha value is -2.60. The molecule has 144 valence electrons. The molecule has 1 amide bonds. The van der Waals surface area contributed by atoms with Crippen molar-refractivity contribution in [1.29, 1.82) is 0 Å². The number of carbonyl (C=O) groups excluding carboxylic acids is 1. The Morgan fingerprint density at radius 1 is 1.15 bits per heavy atom. The lowest BCUT2D eigenvalue weighted by Crippen LogP contribution is -2.49. The summed E-state index contributed by atoms with van der Waals surface area (Å²) in [5.74, 6) is 0.646. The summed E-state index contributed by atoms with van der Waals surface area (Å²) in [7, 11) is 0. The number of nitrogens with two attached hydrogens (primary N) is 1. The fraction of sp³-hybridized carbons (Fsp3) is 0.381. The van der Waals surface area contributed by atoms with Crippen LogP contribution in [-0.4, -0.2) is 43.0 Å². The molecule has 0 radical (unpaired) electrons. The zero-order valence-corrected chi connectivity index (χ0v) is 15.6. The van der Waals surface area contributed by atoms with Crippen molar-refractivity contribution >= 4 is 11.6 Å². The molecule has 2 aromatic rings. The summed E-state index contributed by atoms with van der Waals surface area (Å²) in [6.45, 7) is 5.21. The van der Waals surface area contributed by atoms with Gasteiger partial charge in [0.1, 0.15) is 18.2 Å². The van der Waals surface area contributed by atoms with Gasteiger partial charge in [0.15, 0.2) is 0 Å². The first-order valence-corrected chi connectivity index (χ1v) is 9.27. The van der Waals surface area contributed by atoms with E-state index in [-0.39, 0.29) is 17.8 Å². The molecule has 1 atom stereocenters. The minimum atomic E-state index is -0.251. The van der Waals surface area contributed by atoms with Crippen LogP contribution in [-0.2, 0) is 11.4 Å². The number of rotatable bonds is 6. The molecule has 1 saturated heterocycles. The smallest absolute Gasteiger partial charge is 0.224 e. The molecule has 0 saturated carbocycles. The first-order chi connectivity index (χ1) is 13.0. The van der Waals surface area contributed by atoms with Crippen molar-refractivity contribution in [3.63, 3.8) is 0 Å². The maximum Gasteiger partial charge on any atom is 0.224 e. The van der Waals surface area contributed by atoms with Crippen LogP contribution in [0.2, 0.25) is 0 Å². The largest absolute Gasteiger partial charge is 0.489 e. The number of amides is 1. The molecule has 1 heterocycles. The quantitative estimate of drug-likeness (QED) is 0.848. The normalized spacial score (nSPS) is 15.5. The van der Waals surface area contributed by atoms with Gasteiger partial charge in [-0.25, -0.2) is 4.39 Å². The lowest BCUT2D eigenvalue weighted by molar-refractivity contribution is -0.131. The molecule has 1 aliphatic rings. The fourth-order valence-corrected chi connectivity index (χ4v) is 3.14. The summed E-state index contributed by atoms with van der Waals surface area (Å²) >= 11 is 0. The second kappa shape index (κ2) is 8.86. The van der Waals surface area contributed by atoms with E-state index in [1.807, 2.05) is 36.1 Å². The van der Waals surface area contributed by atoms with Crippen LogP contribution in [0.15, 0.2) is 48.5 Å². The van der Waals surface area contributed by atoms with Gasteiger partial charge in [-0.3, -0.25) is 4.79 Å². The van der Waals surface area contributed by atoms with Crippen LogP contribution >= 0.6 is 0 Å². The monoisotopic (exact) mass is 371 g/mol. The van der Waals surface area contributed by atoms with Crippen LogP contribution in [0.1, 0.15) is 18.9 Å². The highest BCUT2D eigenvalue weighted by atomic mass is 19.1. The third-order valence-electron chi connectivity index (χ3n) is 4.63. The fourth-order valence-electron chi connectivity index (χ4n) is 3.14. The predicted molar refractivity (Wildman–Crippen MR) is 104 cm³/mol. The van der Waals surface area contributed by atoms with Crippen LogP contribution in [0.5, 0.6) is 5.75 Å². The van der Waals surface area contributed by atoms with E-state index >= 15 is 0 Å². The molecule has 0 aromatic heterocycles. The Morgan fingerprint density at radius 3 is 2.52 bits per heavy atom. The van der Waals surface area contributed by atoms with Gasteiger partial charge in [-0.1, -0.05) is 18.2 Å². The van der Waals surface area contributed by atoms with Gasteiger partial charge < -0.3 is 20.3 Å². The molecule has 5 nitrogen and oxygen atoms in total. The van der Waals surface area contributed by atoms with Gasteiger partial charge in [0, 0.05) is 50.4 Å². The zero-order valence-electron chi connectivity index (χ0n) is 15.6. The van der Waals surface area contributed by atoms with Gasteiger partial charge in [-0.05, 0) is 36.8 Å². The molecule has 2 aromatic carbocycles. The average Bonchev–Trinajstić information content (AvgIpc) is 2.67. The second-order valence-corrected chi connectivity index (χ2v) is 6.96. The Labute approximate surface area is 159 Å². The minimum absolute atomic E-state index is 0.106. The molecule has 3 rings (SSSR count). The summed E-state index contributed by atoms with van der Waals surface area (Å²) in [5, 5.41) is 0. The molecule has 1 aliphatic heterocycles. The van der Waals surface area contributed by atoms with Crippen molar-refractivity contribution in [2.24, 2.45) is 5.73 Å². The third kappa shape index (κ3) is 5.44. The SMILES string of the molecule is CC(N)CC(=O)N1CCN(c2cccc(OCc3ccc(F)cc3)c2)CC1. The lowest BCUT2D eigenvalue weighted by atomic mass is 10.2. The first kappa shape index (κ1) is 19.2. The molecule has 2 N–H and O–H groups in total. The van der Waals surface area contributed by atoms with Gasteiger partial charge in [-0.15, -0.1) is 0 Å². The van der Waals surface area contributed by atoms with Gasteiger partial charge in [-0.2, -0.15) is 0 Å². The van der Waals surface area contributed by atoms with Gasteiger partial charge in [0.05, 0.1) is 0 Å². The van der Waals surface area contributed by atoms with Crippen molar-refractivity contribution in [3.8, 4) is 5.75 Å². The predicted octanol–water partition coefficient (Wildman–Crippen LogP) is 2.79. The van der Waals surface area contributed by atoms with Crippen LogP contribution in [0.25, 0.3) is 0 Å². The van der Waals surface area contributed by atoms with Crippen molar-refractivity contribution in [2.45, 2.75) is 26.0 Å². The lowest BCUT2D eigenvalue weighted by Gasteiger charge is -2.36. The maximum absolute atomic E-state index is 13.0. The molecule has 1 fully saturated rings. The van der Waals surface area contributed by atoms with Crippen LogP contribution in [0.4, 0.5) is 10.1 Å². The number of hydrogen-bond donors (Lipinski definition) is 1. The highest BCUT2D eigenvalue weighted by molar-refractivity contribution is 5.77. The average molecular weight is 371 g/mol. The topological polar surface area (TPSA) is 58.8 Å². The van der Waals surface area contributed by atoms with Crippen molar-refractivity contribution < 1.29 is 13.9 Å². The van der Waals surface area contributed by atoms with E-state index in [9.17, 15) is 9.18 Å². The highest BCUT2D eigenvalue weighted by Gasteiger charge is 2.22. The van der Waals surface area contributed by atoms with Crippen molar-refractivity contribution in [2.75, 3.05) is 31.1 Å². The number of ether oxygens (including phenoxy) is 1. The maximum atomic E-state index is 13.0. The van der Waals surface area contributed by atoms with Gasteiger partial charge >= 0.3 is 0 Å². The Balaban J connectivity index is 1.55. The number of hydrogen-bond acceptors (Lipinski definition) is 4. The van der Waals surface area contributed by atoms with E-state index in [0.29, 0.717) is 26.1 Å². The summed E-state index contributed by atoms with van der Waals surface area (Å²) in [4.78, 5) is 16.3. The van der Waals surface area contributed by atoms with Crippen molar-refractivity contribution in [3.05, 3.63) is 59.9 Å². The number of halogens is 1.